The maximum absolute atomic E-state index is 13.4. The molecule has 0 aliphatic heterocycles. The highest BCUT2D eigenvalue weighted by molar-refractivity contribution is 9.10. The van der Waals surface area contributed by atoms with Gasteiger partial charge in [-0.2, -0.15) is 0 Å². The van der Waals surface area contributed by atoms with Crippen LogP contribution >= 0.6 is 15.9 Å². The molecule has 2 rings (SSSR count). The molecule has 7 heteroatoms. The lowest BCUT2D eigenvalue weighted by Gasteiger charge is -2.08. The molecule has 0 aliphatic carbocycles. The van der Waals surface area contributed by atoms with E-state index in [0.717, 1.165) is 6.07 Å². The lowest BCUT2D eigenvalue weighted by Crippen LogP contribution is -1.95. The number of ether oxygens (including phenoxy) is 2. The van der Waals surface area contributed by atoms with Crippen molar-refractivity contribution in [2.45, 2.75) is 0 Å². The monoisotopic (exact) mass is 341 g/mol. The van der Waals surface area contributed by atoms with Crippen molar-refractivity contribution in [2.75, 3.05) is 7.11 Å². The predicted molar refractivity (Wildman–Crippen MR) is 73.8 cm³/mol. The van der Waals surface area contributed by atoms with Crippen LogP contribution in [0.15, 0.2) is 40.9 Å². The number of nitro benzene ring substituents is 1. The van der Waals surface area contributed by atoms with Crippen LogP contribution in [0.3, 0.4) is 0 Å². The summed E-state index contributed by atoms with van der Waals surface area (Å²) < 4.78 is 23.9. The normalized spacial score (nSPS) is 10.2. The largest absolute Gasteiger partial charge is 0.497 e. The van der Waals surface area contributed by atoms with E-state index in [1.807, 2.05) is 0 Å². The summed E-state index contributed by atoms with van der Waals surface area (Å²) in [5, 5.41) is 10.9. The zero-order chi connectivity index (χ0) is 14.7. The van der Waals surface area contributed by atoms with Crippen molar-refractivity contribution < 1.29 is 18.8 Å². The molecule has 0 unspecified atom stereocenters. The van der Waals surface area contributed by atoms with Gasteiger partial charge < -0.3 is 9.47 Å². The molecule has 0 radical (unpaired) electrons. The minimum Gasteiger partial charge on any atom is -0.497 e. The van der Waals surface area contributed by atoms with Crippen LogP contribution in [0.4, 0.5) is 10.1 Å². The summed E-state index contributed by atoms with van der Waals surface area (Å²) in [6, 6.07) is 8.59. The molecule has 0 saturated carbocycles. The van der Waals surface area contributed by atoms with Gasteiger partial charge in [0.15, 0.2) is 0 Å². The first-order valence-electron chi connectivity index (χ1n) is 5.46. The van der Waals surface area contributed by atoms with Gasteiger partial charge in [0.05, 0.1) is 22.6 Å². The molecule has 0 aliphatic rings. The molecule has 0 spiro atoms. The van der Waals surface area contributed by atoms with Crippen molar-refractivity contribution in [1.82, 2.24) is 0 Å². The first-order chi connectivity index (χ1) is 9.51. The average molecular weight is 342 g/mol. The van der Waals surface area contributed by atoms with E-state index in [-0.39, 0.29) is 10.2 Å². The number of hydrogen-bond donors (Lipinski definition) is 0. The first-order valence-corrected chi connectivity index (χ1v) is 6.26. The van der Waals surface area contributed by atoms with E-state index < -0.39 is 16.4 Å². The van der Waals surface area contributed by atoms with Crippen LogP contribution in [-0.2, 0) is 0 Å². The zero-order valence-corrected chi connectivity index (χ0v) is 11.9. The maximum Gasteiger partial charge on any atom is 0.314 e. The second kappa shape index (κ2) is 5.87. The molecule has 104 valence electrons. The van der Waals surface area contributed by atoms with E-state index in [1.54, 1.807) is 24.3 Å². The molecule has 0 N–H and O–H groups in total. The van der Waals surface area contributed by atoms with Gasteiger partial charge in [-0.1, -0.05) is 6.07 Å². The second-order valence-corrected chi connectivity index (χ2v) is 4.63. The Bertz CT molecular complexity index is 663. The van der Waals surface area contributed by atoms with Crippen molar-refractivity contribution in [3.05, 3.63) is 56.8 Å². The molecule has 0 fully saturated rings. The third kappa shape index (κ3) is 3.05. The summed E-state index contributed by atoms with van der Waals surface area (Å²) in [6.45, 7) is 0. The van der Waals surface area contributed by atoms with Crippen molar-refractivity contribution in [3.63, 3.8) is 0 Å². The Morgan fingerprint density at radius 1 is 1.25 bits per heavy atom. The maximum atomic E-state index is 13.4. The van der Waals surface area contributed by atoms with Gasteiger partial charge in [-0.25, -0.2) is 4.39 Å². The summed E-state index contributed by atoms with van der Waals surface area (Å²) in [7, 11) is 1.50. The Balaban J connectivity index is 2.41. The third-order valence-corrected chi connectivity index (χ3v) is 3.08. The number of halogens is 2. The summed E-state index contributed by atoms with van der Waals surface area (Å²) in [6.07, 6.45) is 0. The fourth-order valence-electron chi connectivity index (χ4n) is 1.53. The van der Waals surface area contributed by atoms with E-state index in [4.69, 9.17) is 9.47 Å². The van der Waals surface area contributed by atoms with Crippen LogP contribution in [0.2, 0.25) is 0 Å². The van der Waals surface area contributed by atoms with Crippen molar-refractivity contribution in [3.8, 4) is 17.2 Å². The molecule has 0 aromatic heterocycles. The summed E-state index contributed by atoms with van der Waals surface area (Å²) >= 11 is 2.97. The van der Waals surface area contributed by atoms with Gasteiger partial charge in [-0.15, -0.1) is 0 Å². The van der Waals surface area contributed by atoms with Crippen molar-refractivity contribution >= 4 is 21.6 Å². The summed E-state index contributed by atoms with van der Waals surface area (Å²) in [5.41, 5.74) is -0.450. The number of benzene rings is 2. The van der Waals surface area contributed by atoms with E-state index in [0.29, 0.717) is 11.5 Å². The molecule has 5 nitrogen and oxygen atoms in total. The lowest BCUT2D eigenvalue weighted by molar-refractivity contribution is -0.385. The number of nitro groups is 1. The molecule has 0 saturated heterocycles. The SMILES string of the molecule is COc1cccc(Oc2cc(Br)c(F)cc2[N+](=O)[O-])c1. The van der Waals surface area contributed by atoms with Gasteiger partial charge in [0.1, 0.15) is 17.3 Å². The van der Waals surface area contributed by atoms with Crippen molar-refractivity contribution in [2.24, 2.45) is 0 Å². The topological polar surface area (TPSA) is 61.6 Å². The van der Waals surface area contributed by atoms with E-state index in [1.165, 1.54) is 13.2 Å². The predicted octanol–water partition coefficient (Wildman–Crippen LogP) is 4.30. The molecule has 0 bridgehead atoms. The number of hydrogen-bond acceptors (Lipinski definition) is 4. The van der Waals surface area contributed by atoms with E-state index in [2.05, 4.69) is 15.9 Å². The van der Waals surface area contributed by atoms with Gasteiger partial charge in [-0.05, 0) is 28.1 Å². The number of nitrogens with zero attached hydrogens (tertiary/aromatic N) is 1. The van der Waals surface area contributed by atoms with Crippen LogP contribution < -0.4 is 9.47 Å². The molecule has 2 aromatic carbocycles. The van der Waals surface area contributed by atoms with Gasteiger partial charge in [0.2, 0.25) is 5.75 Å². The van der Waals surface area contributed by atoms with Crippen LogP contribution in [0, 0.1) is 15.9 Å². The number of rotatable bonds is 4. The molecule has 20 heavy (non-hydrogen) atoms. The van der Waals surface area contributed by atoms with Crippen LogP contribution in [0.1, 0.15) is 0 Å². The third-order valence-electron chi connectivity index (χ3n) is 2.47. The molecular formula is C13H9BrFNO4. The van der Waals surface area contributed by atoms with Gasteiger partial charge >= 0.3 is 5.69 Å². The lowest BCUT2D eigenvalue weighted by atomic mass is 10.2. The molecule has 2 aromatic rings. The average Bonchev–Trinajstić information content (AvgIpc) is 2.42. The standard InChI is InChI=1S/C13H9BrFNO4/c1-19-8-3-2-4-9(5-8)20-13-6-10(14)11(15)7-12(13)16(17)18/h2-7H,1H3. The highest BCUT2D eigenvalue weighted by Gasteiger charge is 2.19. The zero-order valence-electron chi connectivity index (χ0n) is 10.3. The Morgan fingerprint density at radius 2 is 1.95 bits per heavy atom. The number of methoxy groups -OCH3 is 1. The fourth-order valence-corrected chi connectivity index (χ4v) is 1.86. The molecule has 0 atom stereocenters. The van der Waals surface area contributed by atoms with E-state index >= 15 is 0 Å². The Kier molecular flexibility index (Phi) is 4.19. The van der Waals surface area contributed by atoms with E-state index in [9.17, 15) is 14.5 Å². The van der Waals surface area contributed by atoms with Crippen molar-refractivity contribution in [1.29, 1.82) is 0 Å². The first kappa shape index (κ1) is 14.3. The minimum atomic E-state index is -0.727. The molecule has 0 amide bonds. The molecular weight excluding hydrogens is 333 g/mol. The smallest absolute Gasteiger partial charge is 0.314 e. The molecule has 0 heterocycles. The van der Waals surface area contributed by atoms with Gasteiger partial charge in [-0.3, -0.25) is 10.1 Å². The minimum absolute atomic E-state index is 0.0588. The highest BCUT2D eigenvalue weighted by atomic mass is 79.9. The second-order valence-electron chi connectivity index (χ2n) is 3.77. The Morgan fingerprint density at radius 3 is 2.60 bits per heavy atom. The van der Waals surface area contributed by atoms with Crippen LogP contribution in [0.5, 0.6) is 17.2 Å². The van der Waals surface area contributed by atoms with Gasteiger partial charge in [0, 0.05) is 12.1 Å². The highest BCUT2D eigenvalue weighted by Crippen LogP contribution is 2.36. The quantitative estimate of drug-likeness (QED) is 0.614. The van der Waals surface area contributed by atoms with Gasteiger partial charge in [0.25, 0.3) is 0 Å². The fraction of sp³-hybridized carbons (Fsp3) is 0.0769. The summed E-state index contributed by atoms with van der Waals surface area (Å²) in [4.78, 5) is 10.2. The summed E-state index contributed by atoms with van der Waals surface area (Å²) in [5.74, 6) is 0.114. The Labute approximate surface area is 122 Å². The Hall–Kier alpha value is -2.15. The van der Waals surface area contributed by atoms with Crippen LogP contribution in [-0.4, -0.2) is 12.0 Å². The van der Waals surface area contributed by atoms with Crippen LogP contribution in [0.25, 0.3) is 0 Å².